The summed E-state index contributed by atoms with van der Waals surface area (Å²) in [6, 6.07) is 20.9. The van der Waals surface area contributed by atoms with Gasteiger partial charge in [-0.3, -0.25) is 0 Å². The van der Waals surface area contributed by atoms with Gasteiger partial charge in [-0.15, -0.1) is 0 Å². The molecule has 154 valence electrons. The molecule has 0 unspecified atom stereocenters. The van der Waals surface area contributed by atoms with Gasteiger partial charge in [-0.2, -0.15) is 0 Å². The normalized spacial score (nSPS) is 11.2. The van der Waals surface area contributed by atoms with Crippen molar-refractivity contribution in [2.75, 3.05) is 19.8 Å². The highest BCUT2D eigenvalue weighted by molar-refractivity contribution is 5.87. The second kappa shape index (κ2) is 10.8. The number of hydrogen-bond donors (Lipinski definition) is 1. The summed E-state index contributed by atoms with van der Waals surface area (Å²) in [5.41, 5.74) is 2.40. The summed E-state index contributed by atoms with van der Waals surface area (Å²) >= 11 is 0. The van der Waals surface area contributed by atoms with Gasteiger partial charge >= 0.3 is 0 Å². The molecule has 0 aliphatic rings. The molecule has 29 heavy (non-hydrogen) atoms. The molecule has 0 saturated heterocycles. The van der Waals surface area contributed by atoms with Crippen LogP contribution in [0.15, 0.2) is 60.7 Å². The fraction of sp³-hybridized carbons (Fsp3) is 0.360. The number of ether oxygens (including phenoxy) is 3. The molecule has 4 nitrogen and oxygen atoms in total. The van der Waals surface area contributed by atoms with Crippen LogP contribution in [0, 0.1) is 0 Å². The average Bonchev–Trinajstić information content (AvgIpc) is 2.73. The van der Waals surface area contributed by atoms with Crippen LogP contribution in [0.25, 0.3) is 10.8 Å². The van der Waals surface area contributed by atoms with E-state index in [0.717, 1.165) is 24.6 Å². The highest BCUT2D eigenvalue weighted by atomic mass is 16.5. The molecule has 1 N–H and O–H groups in total. The van der Waals surface area contributed by atoms with Crippen molar-refractivity contribution >= 4 is 10.8 Å². The van der Waals surface area contributed by atoms with E-state index in [-0.39, 0.29) is 6.10 Å². The summed E-state index contributed by atoms with van der Waals surface area (Å²) in [6.07, 6.45) is 0.187. The van der Waals surface area contributed by atoms with E-state index in [4.69, 9.17) is 14.2 Å². The molecule has 0 spiro atoms. The zero-order valence-corrected chi connectivity index (χ0v) is 17.6. The first kappa shape index (κ1) is 21.2. The van der Waals surface area contributed by atoms with E-state index in [9.17, 15) is 0 Å². The van der Waals surface area contributed by atoms with Crippen molar-refractivity contribution in [3.8, 4) is 11.5 Å². The zero-order valence-electron chi connectivity index (χ0n) is 17.6. The molecule has 0 aliphatic carbocycles. The van der Waals surface area contributed by atoms with Crippen LogP contribution < -0.4 is 14.8 Å². The van der Waals surface area contributed by atoms with Gasteiger partial charge in [0, 0.05) is 25.3 Å². The van der Waals surface area contributed by atoms with Crippen LogP contribution in [-0.4, -0.2) is 25.9 Å². The molecule has 3 rings (SSSR count). The number of hydrogen-bond acceptors (Lipinski definition) is 4. The predicted molar refractivity (Wildman–Crippen MR) is 119 cm³/mol. The quantitative estimate of drug-likeness (QED) is 0.447. The predicted octanol–water partition coefficient (Wildman–Crippen LogP) is 5.33. The van der Waals surface area contributed by atoms with E-state index in [1.807, 2.05) is 32.9 Å². The molecule has 0 heterocycles. The molecule has 0 amide bonds. The minimum absolute atomic E-state index is 0.187. The molecule has 0 fully saturated rings. The molecular weight excluding hydrogens is 362 g/mol. The molecule has 0 aliphatic heterocycles. The topological polar surface area (TPSA) is 39.7 Å². The van der Waals surface area contributed by atoms with Gasteiger partial charge in [0.05, 0.1) is 12.7 Å². The van der Waals surface area contributed by atoms with E-state index in [0.29, 0.717) is 19.8 Å². The summed E-state index contributed by atoms with van der Waals surface area (Å²) < 4.78 is 17.1. The molecule has 0 atom stereocenters. The summed E-state index contributed by atoms with van der Waals surface area (Å²) in [7, 11) is 0. The first-order valence-corrected chi connectivity index (χ1v) is 10.3. The summed E-state index contributed by atoms with van der Waals surface area (Å²) in [6.45, 7) is 9.43. The van der Waals surface area contributed by atoms with Crippen LogP contribution in [0.3, 0.4) is 0 Å². The number of rotatable bonds is 11. The Labute approximate surface area is 173 Å². The molecule has 0 radical (unpaired) electrons. The second-order valence-electron chi connectivity index (χ2n) is 7.22. The maximum atomic E-state index is 6.02. The Balaban J connectivity index is 1.67. The molecular formula is C25H31NO3. The lowest BCUT2D eigenvalue weighted by Gasteiger charge is -2.15. The SMILES string of the molecule is CCOCCOc1ccc2ccccc2c1CNCc1ccc(OC(C)C)cc1. The van der Waals surface area contributed by atoms with Crippen molar-refractivity contribution in [2.45, 2.75) is 40.0 Å². The number of benzene rings is 3. The fourth-order valence-corrected chi connectivity index (χ4v) is 3.28. The van der Waals surface area contributed by atoms with Crippen molar-refractivity contribution in [3.63, 3.8) is 0 Å². The monoisotopic (exact) mass is 393 g/mol. The van der Waals surface area contributed by atoms with Gasteiger partial charge in [0.25, 0.3) is 0 Å². The van der Waals surface area contributed by atoms with Crippen molar-refractivity contribution in [1.82, 2.24) is 5.32 Å². The summed E-state index contributed by atoms with van der Waals surface area (Å²) in [4.78, 5) is 0. The molecule has 3 aromatic carbocycles. The molecule has 0 saturated carbocycles. The Hall–Kier alpha value is -2.56. The Bertz CT molecular complexity index is 890. The van der Waals surface area contributed by atoms with E-state index in [1.54, 1.807) is 0 Å². The molecule has 3 aromatic rings. The van der Waals surface area contributed by atoms with E-state index < -0.39 is 0 Å². The van der Waals surface area contributed by atoms with Crippen molar-refractivity contribution in [2.24, 2.45) is 0 Å². The van der Waals surface area contributed by atoms with Gasteiger partial charge in [-0.1, -0.05) is 42.5 Å². The minimum Gasteiger partial charge on any atom is -0.491 e. The summed E-state index contributed by atoms with van der Waals surface area (Å²) in [5, 5.41) is 6.00. The third-order valence-electron chi connectivity index (χ3n) is 4.61. The van der Waals surface area contributed by atoms with Crippen molar-refractivity contribution in [3.05, 3.63) is 71.8 Å². The largest absolute Gasteiger partial charge is 0.491 e. The van der Waals surface area contributed by atoms with E-state index >= 15 is 0 Å². The average molecular weight is 394 g/mol. The highest BCUT2D eigenvalue weighted by Crippen LogP contribution is 2.28. The van der Waals surface area contributed by atoms with Gasteiger partial charge < -0.3 is 19.5 Å². The molecule has 0 bridgehead atoms. The zero-order chi connectivity index (χ0) is 20.5. The lowest BCUT2D eigenvalue weighted by atomic mass is 10.0. The standard InChI is InChI=1S/C25H31NO3/c1-4-27-15-16-28-25-14-11-21-7-5-6-8-23(21)24(25)18-26-17-20-9-12-22(13-10-20)29-19(2)3/h5-14,19,26H,4,15-18H2,1-3H3. The van der Waals surface area contributed by atoms with E-state index in [2.05, 4.69) is 53.8 Å². The first-order chi connectivity index (χ1) is 14.2. The lowest BCUT2D eigenvalue weighted by Crippen LogP contribution is -2.15. The van der Waals surface area contributed by atoms with Gasteiger partial charge in [-0.25, -0.2) is 0 Å². The number of nitrogens with one attached hydrogen (secondary N) is 1. The Morgan fingerprint density at radius 3 is 2.41 bits per heavy atom. The fourth-order valence-electron chi connectivity index (χ4n) is 3.28. The van der Waals surface area contributed by atoms with Gasteiger partial charge in [0.1, 0.15) is 18.1 Å². The summed E-state index contributed by atoms with van der Waals surface area (Å²) in [5.74, 6) is 1.82. The highest BCUT2D eigenvalue weighted by Gasteiger charge is 2.09. The van der Waals surface area contributed by atoms with Gasteiger partial charge in [0.15, 0.2) is 0 Å². The number of fused-ring (bicyclic) bond motifs is 1. The van der Waals surface area contributed by atoms with Crippen LogP contribution >= 0.6 is 0 Å². The van der Waals surface area contributed by atoms with Crippen LogP contribution in [-0.2, 0) is 17.8 Å². The third-order valence-corrected chi connectivity index (χ3v) is 4.61. The maximum Gasteiger partial charge on any atom is 0.124 e. The Kier molecular flexibility index (Phi) is 7.91. The molecule has 4 heteroatoms. The van der Waals surface area contributed by atoms with Crippen LogP contribution in [0.5, 0.6) is 11.5 Å². The Morgan fingerprint density at radius 1 is 0.862 bits per heavy atom. The maximum absolute atomic E-state index is 6.02. The van der Waals surface area contributed by atoms with E-state index in [1.165, 1.54) is 21.9 Å². The second-order valence-corrected chi connectivity index (χ2v) is 7.22. The minimum atomic E-state index is 0.187. The van der Waals surface area contributed by atoms with Crippen LogP contribution in [0.1, 0.15) is 31.9 Å². The Morgan fingerprint density at radius 2 is 1.66 bits per heavy atom. The van der Waals surface area contributed by atoms with Crippen LogP contribution in [0.2, 0.25) is 0 Å². The smallest absolute Gasteiger partial charge is 0.124 e. The third kappa shape index (κ3) is 6.21. The first-order valence-electron chi connectivity index (χ1n) is 10.3. The van der Waals surface area contributed by atoms with Crippen molar-refractivity contribution < 1.29 is 14.2 Å². The van der Waals surface area contributed by atoms with Gasteiger partial charge in [0.2, 0.25) is 0 Å². The van der Waals surface area contributed by atoms with Gasteiger partial charge in [-0.05, 0) is 55.3 Å². The van der Waals surface area contributed by atoms with Crippen LogP contribution in [0.4, 0.5) is 0 Å². The van der Waals surface area contributed by atoms with Crippen molar-refractivity contribution in [1.29, 1.82) is 0 Å². The lowest BCUT2D eigenvalue weighted by molar-refractivity contribution is 0.110. The molecule has 0 aromatic heterocycles.